The number of unbranched alkanes of at least 4 members (excludes halogenated alkanes) is 10. The van der Waals surface area contributed by atoms with Crippen LogP contribution in [0.15, 0.2) is 24.3 Å². The van der Waals surface area contributed by atoms with E-state index in [0.29, 0.717) is 11.5 Å². The molecule has 2 heteroatoms. The van der Waals surface area contributed by atoms with E-state index >= 15 is 0 Å². The predicted octanol–water partition coefficient (Wildman–Crippen LogP) is 10.1. The third-order valence-corrected chi connectivity index (χ3v) is 7.62. The lowest BCUT2D eigenvalue weighted by Gasteiger charge is -2.21. The molecule has 0 amide bonds. The molecule has 0 bridgehead atoms. The lowest BCUT2D eigenvalue weighted by molar-refractivity contribution is 0.461. The second-order valence-electron chi connectivity index (χ2n) is 10.7. The van der Waals surface area contributed by atoms with E-state index in [1.54, 1.807) is 0 Å². The SMILES string of the molecule is CCCCCCCCc1cc(C(CC)c2cc(C)c(O)c(CCCCCCCC)c2)cc(C)c1O. The molecule has 0 aliphatic heterocycles. The fourth-order valence-corrected chi connectivity index (χ4v) is 5.40. The minimum Gasteiger partial charge on any atom is -0.507 e. The third-order valence-electron chi connectivity index (χ3n) is 7.62. The number of phenolic OH excluding ortho intramolecular Hbond substituents is 2. The van der Waals surface area contributed by atoms with Gasteiger partial charge in [-0.25, -0.2) is 0 Å². The van der Waals surface area contributed by atoms with Gasteiger partial charge >= 0.3 is 0 Å². The van der Waals surface area contributed by atoms with Gasteiger partial charge in [-0.05, 0) is 79.3 Å². The van der Waals surface area contributed by atoms with Gasteiger partial charge in [-0.15, -0.1) is 0 Å². The molecule has 0 saturated carbocycles. The summed E-state index contributed by atoms with van der Waals surface area (Å²) >= 11 is 0. The van der Waals surface area contributed by atoms with Crippen LogP contribution >= 0.6 is 0 Å². The van der Waals surface area contributed by atoms with Gasteiger partial charge in [0.05, 0.1) is 0 Å². The zero-order valence-corrected chi connectivity index (χ0v) is 23.4. The van der Waals surface area contributed by atoms with E-state index in [1.807, 2.05) is 13.8 Å². The molecule has 35 heavy (non-hydrogen) atoms. The molecule has 0 heterocycles. The number of aromatic hydroxyl groups is 2. The van der Waals surface area contributed by atoms with Crippen molar-refractivity contribution in [1.82, 2.24) is 0 Å². The van der Waals surface area contributed by atoms with Crippen molar-refractivity contribution in [1.29, 1.82) is 0 Å². The average molecular weight is 481 g/mol. The van der Waals surface area contributed by atoms with Gasteiger partial charge in [-0.1, -0.05) is 109 Å². The number of phenols is 2. The Balaban J connectivity index is 2.17. The highest BCUT2D eigenvalue weighted by molar-refractivity contribution is 5.49. The Morgan fingerprint density at radius 2 is 0.914 bits per heavy atom. The first-order valence-corrected chi connectivity index (χ1v) is 14.6. The van der Waals surface area contributed by atoms with E-state index in [9.17, 15) is 10.2 Å². The van der Waals surface area contributed by atoms with Crippen LogP contribution in [0.5, 0.6) is 11.5 Å². The highest BCUT2D eigenvalue weighted by Gasteiger charge is 2.18. The van der Waals surface area contributed by atoms with Crippen LogP contribution in [-0.2, 0) is 12.8 Å². The number of hydrogen-bond donors (Lipinski definition) is 2. The Kier molecular flexibility index (Phi) is 13.3. The summed E-state index contributed by atoms with van der Waals surface area (Å²) in [7, 11) is 0. The third kappa shape index (κ3) is 9.21. The maximum absolute atomic E-state index is 10.8. The standard InChI is InChI=1S/C33H52O2/c1-6-9-11-13-15-17-19-27-23-29(21-25(4)32(27)34)31(8-3)30-22-26(5)33(35)28(24-30)20-18-16-14-12-10-7-2/h21-24,31,34-35H,6-20H2,1-5H3. The molecule has 0 spiro atoms. The summed E-state index contributed by atoms with van der Waals surface area (Å²) in [6, 6.07) is 8.84. The van der Waals surface area contributed by atoms with Gasteiger partial charge in [-0.3, -0.25) is 0 Å². The van der Waals surface area contributed by atoms with Crippen LogP contribution in [0.1, 0.15) is 144 Å². The first kappa shape index (κ1) is 29.3. The summed E-state index contributed by atoms with van der Waals surface area (Å²) < 4.78 is 0. The van der Waals surface area contributed by atoms with Crippen molar-refractivity contribution in [3.05, 3.63) is 57.6 Å². The molecule has 0 aliphatic rings. The van der Waals surface area contributed by atoms with Crippen molar-refractivity contribution in [3.63, 3.8) is 0 Å². The van der Waals surface area contributed by atoms with Crippen molar-refractivity contribution < 1.29 is 10.2 Å². The number of aryl methyl sites for hydroxylation is 4. The van der Waals surface area contributed by atoms with Crippen molar-refractivity contribution in [2.75, 3.05) is 0 Å². The Bertz CT molecular complexity index is 812. The van der Waals surface area contributed by atoms with Gasteiger partial charge in [-0.2, -0.15) is 0 Å². The molecule has 2 aromatic carbocycles. The second kappa shape index (κ2) is 15.9. The van der Waals surface area contributed by atoms with Gasteiger partial charge < -0.3 is 10.2 Å². The quantitative estimate of drug-likeness (QED) is 0.221. The van der Waals surface area contributed by atoms with Gasteiger partial charge in [0.25, 0.3) is 0 Å². The molecule has 2 rings (SSSR count). The molecule has 0 unspecified atom stereocenters. The predicted molar refractivity (Wildman–Crippen MR) is 152 cm³/mol. The van der Waals surface area contributed by atoms with Gasteiger partial charge in [0.15, 0.2) is 0 Å². The largest absolute Gasteiger partial charge is 0.507 e. The molecule has 2 N–H and O–H groups in total. The summed E-state index contributed by atoms with van der Waals surface area (Å²) in [5, 5.41) is 21.5. The Labute approximate surface area is 216 Å². The molecule has 2 aromatic rings. The van der Waals surface area contributed by atoms with E-state index < -0.39 is 0 Å². The van der Waals surface area contributed by atoms with Crippen molar-refractivity contribution in [3.8, 4) is 11.5 Å². The fourth-order valence-electron chi connectivity index (χ4n) is 5.40. The lowest BCUT2D eigenvalue weighted by Crippen LogP contribution is -2.04. The Morgan fingerprint density at radius 1 is 0.543 bits per heavy atom. The van der Waals surface area contributed by atoms with Crippen molar-refractivity contribution in [2.45, 2.75) is 137 Å². The van der Waals surface area contributed by atoms with Crippen LogP contribution in [0.3, 0.4) is 0 Å². The minimum absolute atomic E-state index is 0.278. The Morgan fingerprint density at radius 3 is 1.29 bits per heavy atom. The molecular formula is C33H52O2. The summed E-state index contributed by atoms with van der Waals surface area (Å²) in [4.78, 5) is 0. The number of benzene rings is 2. The van der Waals surface area contributed by atoms with Crippen LogP contribution in [-0.4, -0.2) is 10.2 Å². The van der Waals surface area contributed by atoms with Crippen LogP contribution < -0.4 is 0 Å². The van der Waals surface area contributed by atoms with E-state index in [4.69, 9.17) is 0 Å². The molecule has 0 fully saturated rings. The molecule has 0 saturated heterocycles. The van der Waals surface area contributed by atoms with Gasteiger partial charge in [0, 0.05) is 5.92 Å². The topological polar surface area (TPSA) is 40.5 Å². The molecule has 196 valence electrons. The van der Waals surface area contributed by atoms with E-state index in [1.165, 1.54) is 75.3 Å². The summed E-state index contributed by atoms with van der Waals surface area (Å²) in [5.74, 6) is 1.23. The molecule has 0 aliphatic carbocycles. The first-order chi connectivity index (χ1) is 16.9. The molecular weight excluding hydrogens is 428 g/mol. The second-order valence-corrected chi connectivity index (χ2v) is 10.7. The van der Waals surface area contributed by atoms with Crippen LogP contribution in [0.25, 0.3) is 0 Å². The smallest absolute Gasteiger partial charge is 0.121 e. The summed E-state index contributed by atoms with van der Waals surface area (Å²) in [6.07, 6.45) is 18.1. The van der Waals surface area contributed by atoms with Crippen LogP contribution in [0.4, 0.5) is 0 Å². The van der Waals surface area contributed by atoms with E-state index in [0.717, 1.165) is 54.4 Å². The van der Waals surface area contributed by atoms with Gasteiger partial charge in [0.2, 0.25) is 0 Å². The zero-order chi connectivity index (χ0) is 25.6. The fraction of sp³-hybridized carbons (Fsp3) is 0.636. The Hall–Kier alpha value is -1.96. The minimum atomic E-state index is 0.278. The number of hydrogen-bond acceptors (Lipinski definition) is 2. The monoisotopic (exact) mass is 480 g/mol. The molecule has 0 atom stereocenters. The molecule has 2 nitrogen and oxygen atoms in total. The number of rotatable bonds is 17. The maximum atomic E-state index is 10.8. The highest BCUT2D eigenvalue weighted by atomic mass is 16.3. The molecule has 0 aromatic heterocycles. The van der Waals surface area contributed by atoms with Crippen molar-refractivity contribution >= 4 is 0 Å². The van der Waals surface area contributed by atoms with Gasteiger partial charge in [0.1, 0.15) is 11.5 Å². The van der Waals surface area contributed by atoms with E-state index in [-0.39, 0.29) is 5.92 Å². The first-order valence-electron chi connectivity index (χ1n) is 14.6. The molecule has 0 radical (unpaired) electrons. The lowest BCUT2D eigenvalue weighted by atomic mass is 9.84. The summed E-state index contributed by atoms with van der Waals surface area (Å²) in [6.45, 7) is 10.8. The van der Waals surface area contributed by atoms with Crippen LogP contribution in [0, 0.1) is 13.8 Å². The maximum Gasteiger partial charge on any atom is 0.121 e. The average Bonchev–Trinajstić information content (AvgIpc) is 2.84. The van der Waals surface area contributed by atoms with Crippen LogP contribution in [0.2, 0.25) is 0 Å². The normalized spacial score (nSPS) is 11.5. The summed E-state index contributed by atoms with van der Waals surface area (Å²) in [5.41, 5.74) is 6.72. The van der Waals surface area contributed by atoms with E-state index in [2.05, 4.69) is 45.0 Å². The van der Waals surface area contributed by atoms with Crippen molar-refractivity contribution in [2.24, 2.45) is 0 Å². The zero-order valence-electron chi connectivity index (χ0n) is 23.4. The highest BCUT2D eigenvalue weighted by Crippen LogP contribution is 2.37.